The monoisotopic (exact) mass is 359 g/mol. The van der Waals surface area contributed by atoms with Crippen LogP contribution in [-0.2, 0) is 14.6 Å². The van der Waals surface area contributed by atoms with Crippen LogP contribution >= 0.6 is 0 Å². The highest BCUT2D eigenvalue weighted by Gasteiger charge is 2.48. The molecule has 2 saturated heterocycles. The predicted octanol–water partition coefficient (Wildman–Crippen LogP) is 0.458. The molecule has 2 amide bonds. The zero-order valence-corrected chi connectivity index (χ0v) is 15.3. The van der Waals surface area contributed by atoms with E-state index in [1.54, 1.807) is 12.0 Å². The van der Waals surface area contributed by atoms with Crippen LogP contribution < -0.4 is 5.32 Å². The maximum Gasteiger partial charge on any atom is 0.317 e. The Balaban J connectivity index is 1.67. The molecule has 3 aliphatic rings. The molecule has 0 aromatic heterocycles. The SMILES string of the molecule is COCCN1CCN(C(=O)NC2CCCCC2)[C@H]2CS(=O)(=O)C[C@H]21. The largest absolute Gasteiger partial charge is 0.383 e. The van der Waals surface area contributed by atoms with Crippen molar-refractivity contribution in [3.8, 4) is 0 Å². The first-order valence-corrected chi connectivity index (χ1v) is 10.8. The van der Waals surface area contributed by atoms with Crippen molar-refractivity contribution in [3.63, 3.8) is 0 Å². The van der Waals surface area contributed by atoms with Gasteiger partial charge in [-0.2, -0.15) is 0 Å². The number of ether oxygens (including phenoxy) is 1. The summed E-state index contributed by atoms with van der Waals surface area (Å²) in [5, 5.41) is 3.14. The van der Waals surface area contributed by atoms with Gasteiger partial charge in [-0.25, -0.2) is 13.2 Å². The zero-order valence-electron chi connectivity index (χ0n) is 14.4. The van der Waals surface area contributed by atoms with Crippen LogP contribution in [0.2, 0.25) is 0 Å². The molecule has 7 nitrogen and oxygen atoms in total. The van der Waals surface area contributed by atoms with E-state index in [1.165, 1.54) is 6.42 Å². The van der Waals surface area contributed by atoms with Crippen LogP contribution in [0, 0.1) is 0 Å². The van der Waals surface area contributed by atoms with Crippen LogP contribution in [0.5, 0.6) is 0 Å². The Hall–Kier alpha value is -0.860. The first kappa shape index (κ1) is 17.9. The first-order valence-electron chi connectivity index (χ1n) is 9.01. The molecule has 2 heterocycles. The number of rotatable bonds is 4. The second-order valence-electron chi connectivity index (χ2n) is 7.22. The second kappa shape index (κ2) is 7.58. The molecule has 1 N–H and O–H groups in total. The van der Waals surface area contributed by atoms with E-state index in [9.17, 15) is 13.2 Å². The highest BCUT2D eigenvalue weighted by atomic mass is 32.2. The fraction of sp³-hybridized carbons (Fsp3) is 0.938. The number of piperazine rings is 1. The number of sulfone groups is 1. The topological polar surface area (TPSA) is 79.0 Å². The third-order valence-corrected chi connectivity index (χ3v) is 7.27. The summed E-state index contributed by atoms with van der Waals surface area (Å²) in [6.07, 6.45) is 5.64. The lowest BCUT2D eigenvalue weighted by Gasteiger charge is -2.44. The summed E-state index contributed by atoms with van der Waals surface area (Å²) in [4.78, 5) is 16.7. The quantitative estimate of drug-likeness (QED) is 0.789. The average molecular weight is 359 g/mol. The minimum Gasteiger partial charge on any atom is -0.383 e. The van der Waals surface area contributed by atoms with Gasteiger partial charge in [0.25, 0.3) is 0 Å². The zero-order chi connectivity index (χ0) is 17.2. The van der Waals surface area contributed by atoms with Gasteiger partial charge in [0.05, 0.1) is 24.2 Å². The number of hydrogen-bond donors (Lipinski definition) is 1. The molecule has 0 spiro atoms. The number of urea groups is 1. The van der Waals surface area contributed by atoms with Gasteiger partial charge in [-0.05, 0) is 12.8 Å². The summed E-state index contributed by atoms with van der Waals surface area (Å²) < 4.78 is 29.5. The summed E-state index contributed by atoms with van der Waals surface area (Å²) >= 11 is 0. The Morgan fingerprint density at radius 2 is 1.83 bits per heavy atom. The summed E-state index contributed by atoms with van der Waals surface area (Å²) in [6.45, 7) is 2.58. The number of fused-ring (bicyclic) bond motifs is 1. The van der Waals surface area contributed by atoms with Gasteiger partial charge in [0.2, 0.25) is 0 Å². The van der Waals surface area contributed by atoms with Crippen LogP contribution in [0.25, 0.3) is 0 Å². The van der Waals surface area contributed by atoms with E-state index >= 15 is 0 Å². The first-order chi connectivity index (χ1) is 11.5. The maximum absolute atomic E-state index is 12.7. The van der Waals surface area contributed by atoms with Crippen LogP contribution in [0.1, 0.15) is 32.1 Å². The lowest BCUT2D eigenvalue weighted by Crippen LogP contribution is -2.63. The van der Waals surface area contributed by atoms with E-state index in [4.69, 9.17) is 4.74 Å². The van der Waals surface area contributed by atoms with Gasteiger partial charge < -0.3 is 15.0 Å². The van der Waals surface area contributed by atoms with Gasteiger partial charge in [-0.1, -0.05) is 19.3 Å². The fourth-order valence-electron chi connectivity index (χ4n) is 4.27. The molecule has 3 rings (SSSR count). The molecule has 0 aromatic rings. The molecular formula is C16H29N3O4S. The van der Waals surface area contributed by atoms with Crippen LogP contribution in [0.3, 0.4) is 0 Å². The van der Waals surface area contributed by atoms with Crippen LogP contribution in [0.15, 0.2) is 0 Å². The van der Waals surface area contributed by atoms with E-state index < -0.39 is 9.84 Å². The highest BCUT2D eigenvalue weighted by Crippen LogP contribution is 2.27. The normalized spacial score (nSPS) is 31.0. The number of carbonyl (C=O) groups excluding carboxylic acids is 1. The van der Waals surface area contributed by atoms with E-state index in [2.05, 4.69) is 10.2 Å². The smallest absolute Gasteiger partial charge is 0.317 e. The van der Waals surface area contributed by atoms with Gasteiger partial charge in [0.1, 0.15) is 0 Å². The Morgan fingerprint density at radius 1 is 1.12 bits per heavy atom. The van der Waals surface area contributed by atoms with Gasteiger partial charge in [0.15, 0.2) is 9.84 Å². The standard InChI is InChI=1S/C16H29N3O4S/c1-23-10-9-18-7-8-19(15-12-24(21,22)11-14(15)18)16(20)17-13-5-3-2-4-6-13/h13-15H,2-12H2,1H3,(H,17,20)/t14-,15+/m1/s1. The van der Waals surface area contributed by atoms with Crippen molar-refractivity contribution in [2.75, 3.05) is 44.9 Å². The Morgan fingerprint density at radius 3 is 2.54 bits per heavy atom. The maximum atomic E-state index is 12.7. The van der Waals surface area contributed by atoms with Crippen molar-refractivity contribution < 1.29 is 17.9 Å². The predicted molar refractivity (Wildman–Crippen MR) is 91.8 cm³/mol. The molecule has 1 aliphatic carbocycles. The summed E-state index contributed by atoms with van der Waals surface area (Å²) in [5.74, 6) is 0.230. The number of amides is 2. The highest BCUT2D eigenvalue weighted by molar-refractivity contribution is 7.91. The van der Waals surface area contributed by atoms with Gasteiger partial charge in [0, 0.05) is 38.8 Å². The summed E-state index contributed by atoms with van der Waals surface area (Å²) in [5.41, 5.74) is 0. The summed E-state index contributed by atoms with van der Waals surface area (Å²) in [7, 11) is -1.44. The lowest BCUT2D eigenvalue weighted by atomic mass is 9.95. The molecule has 1 saturated carbocycles. The fourth-order valence-corrected chi connectivity index (χ4v) is 6.28. The number of hydrogen-bond acceptors (Lipinski definition) is 5. The minimum absolute atomic E-state index is 0.0826. The van der Waals surface area contributed by atoms with Crippen LogP contribution in [-0.4, -0.2) is 87.2 Å². The molecule has 3 fully saturated rings. The van der Waals surface area contributed by atoms with E-state index in [-0.39, 0.29) is 35.7 Å². The van der Waals surface area contributed by atoms with Crippen molar-refractivity contribution in [3.05, 3.63) is 0 Å². The third kappa shape index (κ3) is 4.03. The lowest BCUT2D eigenvalue weighted by molar-refractivity contribution is 0.0456. The number of nitrogens with one attached hydrogen (secondary N) is 1. The average Bonchev–Trinajstić information content (AvgIpc) is 2.88. The Labute approximate surface area is 144 Å². The van der Waals surface area contributed by atoms with Crippen molar-refractivity contribution in [2.24, 2.45) is 0 Å². The number of methoxy groups -OCH3 is 1. The minimum atomic E-state index is -3.09. The van der Waals surface area contributed by atoms with Crippen molar-refractivity contribution >= 4 is 15.9 Å². The molecule has 138 valence electrons. The summed E-state index contributed by atoms with van der Waals surface area (Å²) in [6, 6.07) is -0.171. The van der Waals surface area contributed by atoms with E-state index in [0.29, 0.717) is 26.2 Å². The Kier molecular flexibility index (Phi) is 5.66. The number of carbonyl (C=O) groups is 1. The van der Waals surface area contributed by atoms with Crippen molar-refractivity contribution in [1.29, 1.82) is 0 Å². The molecule has 0 bridgehead atoms. The van der Waals surface area contributed by atoms with Gasteiger partial charge in [-0.15, -0.1) is 0 Å². The van der Waals surface area contributed by atoms with Gasteiger partial charge in [-0.3, -0.25) is 4.90 Å². The number of nitrogens with zero attached hydrogens (tertiary/aromatic N) is 2. The Bertz CT molecular complexity index is 548. The molecule has 2 aliphatic heterocycles. The molecule has 2 atom stereocenters. The van der Waals surface area contributed by atoms with Crippen molar-refractivity contribution in [2.45, 2.75) is 50.2 Å². The van der Waals surface area contributed by atoms with Crippen molar-refractivity contribution in [1.82, 2.24) is 15.1 Å². The molecule has 8 heteroatoms. The molecule has 24 heavy (non-hydrogen) atoms. The van der Waals surface area contributed by atoms with E-state index in [0.717, 1.165) is 25.7 Å². The molecular weight excluding hydrogens is 330 g/mol. The van der Waals surface area contributed by atoms with Gasteiger partial charge >= 0.3 is 6.03 Å². The molecule has 0 radical (unpaired) electrons. The van der Waals surface area contributed by atoms with Crippen LogP contribution in [0.4, 0.5) is 4.79 Å². The molecule has 0 aromatic carbocycles. The third-order valence-electron chi connectivity index (χ3n) is 5.57. The van der Waals surface area contributed by atoms with E-state index in [1.807, 2.05) is 0 Å². The second-order valence-corrected chi connectivity index (χ2v) is 9.37. The molecule has 0 unspecified atom stereocenters.